The summed E-state index contributed by atoms with van der Waals surface area (Å²) in [5.41, 5.74) is 2.71. The number of carbonyl (C=O) groups is 1. The highest BCUT2D eigenvalue weighted by Crippen LogP contribution is 2.24. The number of carbonyl (C=O) groups excluding carboxylic acids is 1. The summed E-state index contributed by atoms with van der Waals surface area (Å²) in [4.78, 5) is 13.3. The van der Waals surface area contributed by atoms with Crippen LogP contribution in [0.2, 0.25) is 0 Å². The Morgan fingerprint density at radius 2 is 1.61 bits per heavy atom. The number of rotatable bonds is 7. The third-order valence-corrected chi connectivity index (χ3v) is 7.04. The van der Waals surface area contributed by atoms with E-state index in [2.05, 4.69) is 5.10 Å². The Morgan fingerprint density at radius 3 is 2.27 bits per heavy atom. The predicted octanol–water partition coefficient (Wildman–Crippen LogP) is 4.68. The summed E-state index contributed by atoms with van der Waals surface area (Å²) in [5.74, 6) is -1.07. The van der Waals surface area contributed by atoms with Crippen molar-refractivity contribution in [3.8, 4) is 5.69 Å². The lowest BCUT2D eigenvalue weighted by Crippen LogP contribution is -2.20. The Labute approximate surface area is 194 Å². The summed E-state index contributed by atoms with van der Waals surface area (Å²) in [6.07, 6.45) is 3.93. The molecule has 2 aromatic heterocycles. The Balaban J connectivity index is 1.67. The number of hydrogen-bond donors (Lipinski definition) is 0. The van der Waals surface area contributed by atoms with E-state index in [0.717, 1.165) is 16.9 Å². The van der Waals surface area contributed by atoms with Gasteiger partial charge in [0.15, 0.2) is 15.6 Å². The maximum Gasteiger partial charge on any atom is 0.196 e. The van der Waals surface area contributed by atoms with Crippen LogP contribution in [-0.4, -0.2) is 34.3 Å². The van der Waals surface area contributed by atoms with E-state index < -0.39 is 21.4 Å². The number of benzene rings is 2. The van der Waals surface area contributed by atoms with Crippen molar-refractivity contribution >= 4 is 15.6 Å². The van der Waals surface area contributed by atoms with Gasteiger partial charge in [-0.05, 0) is 48.0 Å². The summed E-state index contributed by atoms with van der Waals surface area (Å²) >= 11 is 0. The highest BCUT2D eigenvalue weighted by molar-refractivity contribution is 7.92. The SMILES string of the molecule is CC(C)(C)c1cc(C(=O)CS(=O)(=O)c2ccccc2)n(Cc2cccc(-n3cccc3)c2)n1. The molecule has 0 aliphatic heterocycles. The minimum atomic E-state index is -3.75. The van der Waals surface area contributed by atoms with Gasteiger partial charge in [0, 0.05) is 23.5 Å². The molecule has 2 heterocycles. The standard InChI is InChI=1S/C26H27N3O3S/c1-26(2,3)25-17-23(24(30)19-33(31,32)22-12-5-4-6-13-22)29(27-25)18-20-10-9-11-21(16-20)28-14-7-8-15-28/h4-17H,18-19H2,1-3H3. The molecular weight excluding hydrogens is 434 g/mol. The van der Waals surface area contributed by atoms with Crippen molar-refractivity contribution in [3.63, 3.8) is 0 Å². The zero-order valence-electron chi connectivity index (χ0n) is 19.0. The van der Waals surface area contributed by atoms with Gasteiger partial charge in [0.1, 0.15) is 11.4 Å². The molecule has 2 aromatic carbocycles. The topological polar surface area (TPSA) is 74.0 Å². The van der Waals surface area contributed by atoms with Crippen molar-refractivity contribution in [1.82, 2.24) is 14.3 Å². The number of hydrogen-bond acceptors (Lipinski definition) is 4. The number of ketones is 1. The van der Waals surface area contributed by atoms with Crippen molar-refractivity contribution in [2.24, 2.45) is 0 Å². The van der Waals surface area contributed by atoms with Gasteiger partial charge in [0.2, 0.25) is 0 Å². The van der Waals surface area contributed by atoms with Crippen molar-refractivity contribution in [2.45, 2.75) is 37.6 Å². The number of nitrogens with zero attached hydrogens (tertiary/aromatic N) is 3. The van der Waals surface area contributed by atoms with E-state index in [0.29, 0.717) is 12.2 Å². The van der Waals surface area contributed by atoms with Crippen molar-refractivity contribution in [3.05, 3.63) is 102 Å². The maximum absolute atomic E-state index is 13.2. The zero-order chi connectivity index (χ0) is 23.6. The van der Waals surface area contributed by atoms with Gasteiger partial charge in [-0.15, -0.1) is 0 Å². The van der Waals surface area contributed by atoms with Gasteiger partial charge < -0.3 is 4.57 Å². The molecule has 0 aliphatic carbocycles. The van der Waals surface area contributed by atoms with Gasteiger partial charge in [-0.1, -0.05) is 51.1 Å². The van der Waals surface area contributed by atoms with Gasteiger partial charge in [-0.3, -0.25) is 9.48 Å². The Bertz CT molecular complexity index is 1360. The molecule has 0 saturated heterocycles. The molecular formula is C26H27N3O3S. The molecule has 0 radical (unpaired) electrons. The minimum absolute atomic E-state index is 0.139. The third kappa shape index (κ3) is 5.14. The first kappa shape index (κ1) is 22.7. The van der Waals surface area contributed by atoms with Crippen molar-refractivity contribution < 1.29 is 13.2 Å². The van der Waals surface area contributed by atoms with Gasteiger partial charge in [-0.2, -0.15) is 5.10 Å². The van der Waals surface area contributed by atoms with E-state index in [1.54, 1.807) is 28.9 Å². The fourth-order valence-electron chi connectivity index (χ4n) is 3.58. The summed E-state index contributed by atoms with van der Waals surface area (Å²) in [7, 11) is -3.75. The largest absolute Gasteiger partial charge is 0.324 e. The Kier molecular flexibility index (Phi) is 6.08. The fraction of sp³-hybridized carbons (Fsp3) is 0.231. The van der Waals surface area contributed by atoms with E-state index in [1.165, 1.54) is 12.1 Å². The monoisotopic (exact) mass is 461 g/mol. The van der Waals surface area contributed by atoms with Crippen LogP contribution in [-0.2, 0) is 21.8 Å². The first-order chi connectivity index (χ1) is 15.6. The second-order valence-corrected chi connectivity index (χ2v) is 11.1. The van der Waals surface area contributed by atoms with E-state index in [-0.39, 0.29) is 10.3 Å². The molecule has 4 rings (SSSR count). The maximum atomic E-state index is 13.2. The average molecular weight is 462 g/mol. The van der Waals surface area contributed by atoms with Crippen LogP contribution < -0.4 is 0 Å². The summed E-state index contributed by atoms with van der Waals surface area (Å²) in [6, 6.07) is 21.7. The van der Waals surface area contributed by atoms with Crippen LogP contribution >= 0.6 is 0 Å². The van der Waals surface area contributed by atoms with Crippen LogP contribution in [0, 0.1) is 0 Å². The molecule has 170 valence electrons. The van der Waals surface area contributed by atoms with Gasteiger partial charge in [0.05, 0.1) is 17.1 Å². The molecule has 0 spiro atoms. The van der Waals surface area contributed by atoms with Crippen molar-refractivity contribution in [1.29, 1.82) is 0 Å². The lowest BCUT2D eigenvalue weighted by Gasteiger charge is -2.14. The molecule has 6 nitrogen and oxygen atoms in total. The van der Waals surface area contributed by atoms with Crippen LogP contribution in [0.3, 0.4) is 0 Å². The van der Waals surface area contributed by atoms with Crippen LogP contribution in [0.25, 0.3) is 5.69 Å². The minimum Gasteiger partial charge on any atom is -0.324 e. The first-order valence-corrected chi connectivity index (χ1v) is 12.4. The lowest BCUT2D eigenvalue weighted by atomic mass is 9.92. The molecule has 33 heavy (non-hydrogen) atoms. The number of aromatic nitrogens is 3. The molecule has 0 aliphatic rings. The van der Waals surface area contributed by atoms with Crippen LogP contribution in [0.5, 0.6) is 0 Å². The molecule has 0 atom stereocenters. The highest BCUT2D eigenvalue weighted by atomic mass is 32.2. The Morgan fingerprint density at radius 1 is 0.909 bits per heavy atom. The molecule has 0 bridgehead atoms. The molecule has 0 amide bonds. The lowest BCUT2D eigenvalue weighted by molar-refractivity contribution is 0.101. The third-order valence-electron chi connectivity index (χ3n) is 5.40. The van der Waals surface area contributed by atoms with E-state index in [1.807, 2.05) is 74.1 Å². The first-order valence-electron chi connectivity index (χ1n) is 10.8. The van der Waals surface area contributed by atoms with Gasteiger partial charge >= 0.3 is 0 Å². The van der Waals surface area contributed by atoms with Crippen LogP contribution in [0.15, 0.2) is 90.1 Å². The smallest absolute Gasteiger partial charge is 0.196 e. The molecule has 0 fully saturated rings. The quantitative estimate of drug-likeness (QED) is 0.375. The number of sulfone groups is 1. The second-order valence-electron chi connectivity index (χ2n) is 9.08. The normalized spacial score (nSPS) is 12.1. The van der Waals surface area contributed by atoms with E-state index >= 15 is 0 Å². The molecule has 0 N–H and O–H groups in total. The zero-order valence-corrected chi connectivity index (χ0v) is 19.8. The van der Waals surface area contributed by atoms with Crippen molar-refractivity contribution in [2.75, 3.05) is 5.75 Å². The van der Waals surface area contributed by atoms with Crippen LogP contribution in [0.4, 0.5) is 0 Å². The number of Topliss-reactive ketones (excluding diaryl/α,β-unsaturated/α-hetero) is 1. The summed E-state index contributed by atoms with van der Waals surface area (Å²) in [5, 5.41) is 4.69. The van der Waals surface area contributed by atoms with E-state index in [9.17, 15) is 13.2 Å². The molecule has 0 saturated carbocycles. The van der Waals surface area contributed by atoms with E-state index in [4.69, 9.17) is 0 Å². The second kappa shape index (κ2) is 8.83. The predicted molar refractivity (Wildman–Crippen MR) is 129 cm³/mol. The molecule has 4 aromatic rings. The van der Waals surface area contributed by atoms with Gasteiger partial charge in [-0.25, -0.2) is 8.42 Å². The van der Waals surface area contributed by atoms with Gasteiger partial charge in [0.25, 0.3) is 0 Å². The van der Waals surface area contributed by atoms with Crippen LogP contribution in [0.1, 0.15) is 42.5 Å². The summed E-state index contributed by atoms with van der Waals surface area (Å²) < 4.78 is 29.3. The fourth-order valence-corrected chi connectivity index (χ4v) is 4.81. The highest BCUT2D eigenvalue weighted by Gasteiger charge is 2.27. The molecule has 0 unspecified atom stereocenters. The Hall–Kier alpha value is -3.45. The summed E-state index contributed by atoms with van der Waals surface area (Å²) in [6.45, 7) is 6.40. The molecule has 7 heteroatoms. The average Bonchev–Trinajstić information content (AvgIpc) is 3.44.